The smallest absolute Gasteiger partial charge is 0.242 e. The molecule has 0 aliphatic heterocycles. The first-order valence-electron chi connectivity index (χ1n) is 6.76. The van der Waals surface area contributed by atoms with Crippen molar-refractivity contribution in [1.82, 2.24) is 9.71 Å². The summed E-state index contributed by atoms with van der Waals surface area (Å²) in [4.78, 5) is 4.17. The van der Waals surface area contributed by atoms with Crippen molar-refractivity contribution >= 4 is 15.8 Å². The fourth-order valence-electron chi connectivity index (χ4n) is 1.84. The number of nitrogens with one attached hydrogen (secondary N) is 2. The van der Waals surface area contributed by atoms with E-state index in [1.165, 1.54) is 17.8 Å². The summed E-state index contributed by atoms with van der Waals surface area (Å²) in [5.74, 6) is 0.629. The van der Waals surface area contributed by atoms with Gasteiger partial charge in [0.05, 0.1) is 0 Å². The predicted molar refractivity (Wildman–Crippen MR) is 83.6 cm³/mol. The number of pyridine rings is 1. The normalized spacial score (nSPS) is 11.3. The lowest BCUT2D eigenvalue weighted by molar-refractivity contribution is 0.581. The van der Waals surface area contributed by atoms with Gasteiger partial charge < -0.3 is 5.32 Å². The molecule has 0 spiro atoms. The van der Waals surface area contributed by atoms with Gasteiger partial charge in [0.15, 0.2) is 0 Å². The van der Waals surface area contributed by atoms with Gasteiger partial charge in [0.25, 0.3) is 0 Å². The quantitative estimate of drug-likeness (QED) is 0.858. The van der Waals surface area contributed by atoms with Gasteiger partial charge in [-0.3, -0.25) is 0 Å². The first-order valence-corrected chi connectivity index (χ1v) is 8.25. The molecule has 5 nitrogen and oxygen atoms in total. The second kappa shape index (κ2) is 6.69. The monoisotopic (exact) mass is 305 g/mol. The number of hydrogen-bond donors (Lipinski definition) is 2. The Morgan fingerprint density at radius 2 is 1.71 bits per heavy atom. The molecule has 0 aliphatic carbocycles. The second-order valence-corrected chi connectivity index (χ2v) is 6.39. The van der Waals surface area contributed by atoms with Gasteiger partial charge in [0.2, 0.25) is 10.0 Å². The Balaban J connectivity index is 2.05. The second-order valence-electron chi connectivity index (χ2n) is 4.62. The Bertz CT molecular complexity index is 680. The minimum atomic E-state index is -3.54. The molecule has 112 valence electrons. The zero-order chi connectivity index (χ0) is 15.3. The molecule has 0 saturated carbocycles. The Labute approximate surface area is 125 Å². The zero-order valence-electron chi connectivity index (χ0n) is 12.1. The van der Waals surface area contributed by atoms with Crippen molar-refractivity contribution in [3.8, 4) is 0 Å². The maximum Gasteiger partial charge on any atom is 0.242 e. The molecule has 0 radical (unpaired) electrons. The molecule has 1 aromatic carbocycles. The van der Waals surface area contributed by atoms with E-state index in [0.717, 1.165) is 12.0 Å². The lowest BCUT2D eigenvalue weighted by Crippen LogP contribution is -2.23. The molecule has 0 amide bonds. The highest BCUT2D eigenvalue weighted by molar-refractivity contribution is 7.89. The molecule has 0 unspecified atom stereocenters. The summed E-state index contributed by atoms with van der Waals surface area (Å²) in [6, 6.07) is 11.0. The van der Waals surface area contributed by atoms with Crippen LogP contribution in [0.2, 0.25) is 0 Å². The average Bonchev–Trinajstić information content (AvgIpc) is 2.53. The van der Waals surface area contributed by atoms with Crippen LogP contribution in [0.5, 0.6) is 0 Å². The van der Waals surface area contributed by atoms with Crippen LogP contribution >= 0.6 is 0 Å². The number of aromatic nitrogens is 1. The van der Waals surface area contributed by atoms with E-state index in [9.17, 15) is 8.42 Å². The maximum absolute atomic E-state index is 12.2. The van der Waals surface area contributed by atoms with Crippen LogP contribution in [0, 0.1) is 0 Å². The fraction of sp³-hybridized carbons (Fsp3) is 0.267. The van der Waals surface area contributed by atoms with Gasteiger partial charge in [-0.05, 0) is 29.7 Å². The van der Waals surface area contributed by atoms with Crippen LogP contribution in [0.25, 0.3) is 0 Å². The summed E-state index contributed by atoms with van der Waals surface area (Å²) in [6.45, 7) is 2.35. The van der Waals surface area contributed by atoms with Crippen LogP contribution in [-0.4, -0.2) is 20.4 Å². The van der Waals surface area contributed by atoms with Gasteiger partial charge in [-0.25, -0.2) is 18.1 Å². The van der Waals surface area contributed by atoms with Gasteiger partial charge in [-0.2, -0.15) is 0 Å². The Morgan fingerprint density at radius 1 is 1.05 bits per heavy atom. The molecular weight excluding hydrogens is 286 g/mol. The highest BCUT2D eigenvalue weighted by atomic mass is 32.2. The average molecular weight is 305 g/mol. The molecule has 0 bridgehead atoms. The summed E-state index contributed by atoms with van der Waals surface area (Å²) in [7, 11) is -1.81. The summed E-state index contributed by atoms with van der Waals surface area (Å²) in [5.41, 5.74) is 2.16. The number of anilines is 1. The predicted octanol–water partition coefficient (Wildman–Crippen LogP) is 2.16. The number of nitrogens with zero attached hydrogens (tertiary/aromatic N) is 1. The first-order chi connectivity index (χ1) is 10.0. The summed E-state index contributed by atoms with van der Waals surface area (Å²) in [5, 5.41) is 2.85. The molecule has 1 aromatic heterocycles. The summed E-state index contributed by atoms with van der Waals surface area (Å²) < 4.78 is 26.9. The molecule has 2 rings (SSSR count). The molecule has 2 N–H and O–H groups in total. The van der Waals surface area contributed by atoms with E-state index < -0.39 is 10.0 Å². The van der Waals surface area contributed by atoms with Crippen molar-refractivity contribution in [2.24, 2.45) is 0 Å². The van der Waals surface area contributed by atoms with Crippen molar-refractivity contribution in [3.63, 3.8) is 0 Å². The van der Waals surface area contributed by atoms with E-state index in [1.807, 2.05) is 24.3 Å². The molecule has 0 saturated heterocycles. The van der Waals surface area contributed by atoms with E-state index in [4.69, 9.17) is 0 Å². The van der Waals surface area contributed by atoms with E-state index in [-0.39, 0.29) is 11.4 Å². The fourth-order valence-corrected chi connectivity index (χ4v) is 2.80. The summed E-state index contributed by atoms with van der Waals surface area (Å²) >= 11 is 0. The van der Waals surface area contributed by atoms with Crippen LogP contribution < -0.4 is 10.0 Å². The van der Waals surface area contributed by atoms with Crippen LogP contribution in [0.1, 0.15) is 18.1 Å². The topological polar surface area (TPSA) is 71.1 Å². The Morgan fingerprint density at radius 3 is 2.24 bits per heavy atom. The molecular formula is C15H19N3O2S. The van der Waals surface area contributed by atoms with Gasteiger partial charge in [0.1, 0.15) is 10.7 Å². The first kappa shape index (κ1) is 15.5. The van der Waals surface area contributed by atoms with Crippen LogP contribution in [0.15, 0.2) is 47.5 Å². The van der Waals surface area contributed by atoms with Crippen molar-refractivity contribution < 1.29 is 8.42 Å². The number of aryl methyl sites for hydroxylation is 1. The van der Waals surface area contributed by atoms with Gasteiger partial charge >= 0.3 is 0 Å². The van der Waals surface area contributed by atoms with Crippen LogP contribution in [0.3, 0.4) is 0 Å². The third kappa shape index (κ3) is 4.03. The molecule has 21 heavy (non-hydrogen) atoms. The highest BCUT2D eigenvalue weighted by Crippen LogP contribution is 2.11. The van der Waals surface area contributed by atoms with Crippen LogP contribution in [-0.2, 0) is 23.0 Å². The molecule has 0 atom stereocenters. The largest absolute Gasteiger partial charge is 0.373 e. The minimum Gasteiger partial charge on any atom is -0.373 e. The lowest BCUT2D eigenvalue weighted by Gasteiger charge is -2.08. The van der Waals surface area contributed by atoms with Crippen molar-refractivity contribution in [3.05, 3.63) is 53.7 Å². The SMILES string of the molecule is CCc1ccc(CNS(=O)(=O)c2ccc(NC)nc2)cc1. The lowest BCUT2D eigenvalue weighted by atomic mass is 10.1. The van der Waals surface area contributed by atoms with Gasteiger partial charge in [-0.1, -0.05) is 31.2 Å². The van der Waals surface area contributed by atoms with E-state index in [1.54, 1.807) is 13.1 Å². The van der Waals surface area contributed by atoms with Crippen molar-refractivity contribution in [2.75, 3.05) is 12.4 Å². The number of hydrogen-bond acceptors (Lipinski definition) is 4. The Hall–Kier alpha value is -1.92. The van der Waals surface area contributed by atoms with Gasteiger partial charge in [-0.15, -0.1) is 0 Å². The maximum atomic E-state index is 12.2. The Kier molecular flexibility index (Phi) is 4.93. The number of benzene rings is 1. The highest BCUT2D eigenvalue weighted by Gasteiger charge is 2.13. The third-order valence-corrected chi connectivity index (χ3v) is 4.59. The number of sulfonamides is 1. The van der Waals surface area contributed by atoms with Crippen molar-refractivity contribution in [1.29, 1.82) is 0 Å². The van der Waals surface area contributed by atoms with E-state index in [2.05, 4.69) is 21.9 Å². The molecule has 0 fully saturated rings. The number of rotatable bonds is 6. The summed E-state index contributed by atoms with van der Waals surface area (Å²) in [6.07, 6.45) is 2.31. The third-order valence-electron chi connectivity index (χ3n) is 3.20. The molecule has 2 aromatic rings. The molecule has 0 aliphatic rings. The zero-order valence-corrected chi connectivity index (χ0v) is 12.9. The van der Waals surface area contributed by atoms with Crippen molar-refractivity contribution in [2.45, 2.75) is 24.8 Å². The molecule has 6 heteroatoms. The van der Waals surface area contributed by atoms with Gasteiger partial charge in [0, 0.05) is 19.8 Å². The van der Waals surface area contributed by atoms with E-state index >= 15 is 0 Å². The van der Waals surface area contributed by atoms with Crippen LogP contribution in [0.4, 0.5) is 5.82 Å². The minimum absolute atomic E-state index is 0.159. The standard InChI is InChI=1S/C15H19N3O2S/c1-3-12-4-6-13(7-5-12)10-18-21(19,20)14-8-9-15(16-2)17-11-14/h4-9,11,18H,3,10H2,1-2H3,(H,16,17). The molecule has 1 heterocycles. The van der Waals surface area contributed by atoms with E-state index in [0.29, 0.717) is 5.82 Å².